The quantitative estimate of drug-likeness (QED) is 0.216. The molecule has 2 aromatic heterocycles. The third-order valence-corrected chi connectivity index (χ3v) is 8.23. The van der Waals surface area contributed by atoms with Crippen LogP contribution >= 0.6 is 23.4 Å². The number of pyridine rings is 1. The van der Waals surface area contributed by atoms with E-state index >= 15 is 0 Å². The van der Waals surface area contributed by atoms with Crippen LogP contribution in [0.3, 0.4) is 0 Å². The molecule has 0 bridgehead atoms. The fourth-order valence-corrected chi connectivity index (χ4v) is 5.68. The van der Waals surface area contributed by atoms with E-state index in [0.717, 1.165) is 35.1 Å². The van der Waals surface area contributed by atoms with Gasteiger partial charge in [0.15, 0.2) is 5.79 Å². The first-order valence-electron chi connectivity index (χ1n) is 13.1. The Morgan fingerprint density at radius 3 is 2.46 bits per heavy atom. The highest BCUT2D eigenvalue weighted by Gasteiger charge is 2.32. The van der Waals surface area contributed by atoms with E-state index in [1.54, 1.807) is 12.3 Å². The van der Waals surface area contributed by atoms with Gasteiger partial charge in [0.05, 0.1) is 24.0 Å². The summed E-state index contributed by atoms with van der Waals surface area (Å²) in [6.45, 7) is 6.33. The van der Waals surface area contributed by atoms with Gasteiger partial charge >= 0.3 is 0 Å². The van der Waals surface area contributed by atoms with Crippen molar-refractivity contribution in [3.8, 4) is 34.7 Å². The predicted octanol–water partition coefficient (Wildman–Crippen LogP) is 7.07. The molecular weight excluding hydrogens is 558 g/mol. The number of oxazole rings is 1. The van der Waals surface area contributed by atoms with Gasteiger partial charge in [-0.1, -0.05) is 47.6 Å². The van der Waals surface area contributed by atoms with Crippen molar-refractivity contribution < 1.29 is 13.9 Å². The highest BCUT2D eigenvalue weighted by atomic mass is 35.5. The number of halogens is 1. The van der Waals surface area contributed by atoms with Gasteiger partial charge in [-0.2, -0.15) is 10.5 Å². The summed E-state index contributed by atoms with van der Waals surface area (Å²) in [4.78, 5) is 8.98. The number of nitrogen functional groups attached to an aromatic ring is 1. The maximum absolute atomic E-state index is 10.1. The Bertz CT molecular complexity index is 1670. The van der Waals surface area contributed by atoms with E-state index in [0.29, 0.717) is 45.1 Å². The number of hydrogen-bond donors (Lipinski definition) is 1. The first-order chi connectivity index (χ1) is 19.7. The fourth-order valence-electron chi connectivity index (χ4n) is 4.69. The summed E-state index contributed by atoms with van der Waals surface area (Å²) in [5, 5.41) is 21.1. The Balaban J connectivity index is 1.35. The Hall–Kier alpha value is -3.86. The second kappa shape index (κ2) is 11.9. The zero-order chi connectivity index (χ0) is 29.1. The van der Waals surface area contributed by atoms with E-state index in [2.05, 4.69) is 22.1 Å². The predicted molar refractivity (Wildman–Crippen MR) is 158 cm³/mol. The van der Waals surface area contributed by atoms with Gasteiger partial charge in [0.2, 0.25) is 5.89 Å². The molecule has 10 heteroatoms. The minimum atomic E-state index is -0.543. The van der Waals surface area contributed by atoms with Crippen LogP contribution in [0.1, 0.15) is 48.2 Å². The Kier molecular flexibility index (Phi) is 8.35. The molecule has 0 saturated carbocycles. The summed E-state index contributed by atoms with van der Waals surface area (Å²) < 4.78 is 17.2. The van der Waals surface area contributed by atoms with Crippen LogP contribution in [0, 0.1) is 29.6 Å². The van der Waals surface area contributed by atoms with Crippen molar-refractivity contribution >= 4 is 29.2 Å². The highest BCUT2D eigenvalue weighted by molar-refractivity contribution is 7.98. The van der Waals surface area contributed by atoms with Gasteiger partial charge in [0.1, 0.15) is 34.8 Å². The highest BCUT2D eigenvalue weighted by Crippen LogP contribution is 2.37. The molecule has 1 fully saturated rings. The number of thioether (sulfide) groups is 1. The lowest BCUT2D eigenvalue weighted by Crippen LogP contribution is -2.21. The van der Waals surface area contributed by atoms with Crippen LogP contribution in [0.4, 0.5) is 5.82 Å². The number of rotatable bonds is 8. The Morgan fingerprint density at radius 2 is 1.80 bits per heavy atom. The first kappa shape index (κ1) is 28.7. The van der Waals surface area contributed by atoms with Crippen molar-refractivity contribution in [3.05, 3.63) is 81.7 Å². The van der Waals surface area contributed by atoms with Gasteiger partial charge in [0.25, 0.3) is 0 Å². The molecule has 0 spiro atoms. The zero-order valence-electron chi connectivity index (χ0n) is 22.9. The molecule has 41 heavy (non-hydrogen) atoms. The van der Waals surface area contributed by atoms with Gasteiger partial charge in [-0.25, -0.2) is 9.97 Å². The number of nitrogens with two attached hydrogens (primary N) is 1. The molecule has 2 N–H and O–H groups in total. The van der Waals surface area contributed by atoms with Crippen molar-refractivity contribution in [2.24, 2.45) is 0 Å². The Labute approximate surface area is 248 Å². The first-order valence-corrected chi connectivity index (χ1v) is 14.4. The average molecular weight is 586 g/mol. The molecule has 1 saturated heterocycles. The lowest BCUT2D eigenvalue weighted by Gasteiger charge is -2.17. The number of ether oxygens (including phenoxy) is 2. The summed E-state index contributed by atoms with van der Waals surface area (Å²) in [6, 6.07) is 17.8. The molecule has 4 aromatic rings. The van der Waals surface area contributed by atoms with E-state index in [9.17, 15) is 10.5 Å². The molecule has 1 aliphatic heterocycles. The molecule has 1 aliphatic rings. The number of nitrogens with zero attached hydrogens (tertiary/aromatic N) is 4. The maximum atomic E-state index is 10.1. The molecule has 0 radical (unpaired) electrons. The van der Waals surface area contributed by atoms with E-state index in [1.165, 1.54) is 11.8 Å². The lowest BCUT2D eigenvalue weighted by atomic mass is 9.95. The molecule has 1 atom stereocenters. The molecule has 0 aliphatic carbocycles. The van der Waals surface area contributed by atoms with Gasteiger partial charge < -0.3 is 19.6 Å². The second-order valence-corrected chi connectivity index (χ2v) is 11.6. The molecule has 3 heterocycles. The molecule has 208 valence electrons. The number of benzene rings is 2. The smallest absolute Gasteiger partial charge is 0.226 e. The van der Waals surface area contributed by atoms with Crippen molar-refractivity contribution in [2.45, 2.75) is 56.3 Å². The van der Waals surface area contributed by atoms with Crippen molar-refractivity contribution in [1.29, 1.82) is 10.5 Å². The van der Waals surface area contributed by atoms with Crippen molar-refractivity contribution in [1.82, 2.24) is 9.97 Å². The molecule has 0 unspecified atom stereocenters. The van der Waals surface area contributed by atoms with Crippen LogP contribution in [0.15, 0.2) is 58.2 Å². The lowest BCUT2D eigenvalue weighted by molar-refractivity contribution is -0.138. The van der Waals surface area contributed by atoms with Crippen LogP contribution in [-0.2, 0) is 21.6 Å². The number of aromatic nitrogens is 2. The SMILES string of the molecule is Cc1cc(-c2nc(CSc3nc(N)c(C#N)c(-c4ccc(CC[C@H]5COC(C)(C)O5)cc4)c3C#N)co2)ccc1Cl. The van der Waals surface area contributed by atoms with Gasteiger partial charge in [-0.15, -0.1) is 0 Å². The summed E-state index contributed by atoms with van der Waals surface area (Å²) in [5.41, 5.74) is 11.4. The topological polar surface area (TPSA) is 131 Å². The van der Waals surface area contributed by atoms with E-state index in [-0.39, 0.29) is 17.5 Å². The number of nitriles is 2. The van der Waals surface area contributed by atoms with Crippen molar-refractivity contribution in [2.75, 3.05) is 12.3 Å². The minimum absolute atomic E-state index is 0.0516. The van der Waals surface area contributed by atoms with Crippen LogP contribution in [0.2, 0.25) is 5.02 Å². The van der Waals surface area contributed by atoms with Crippen LogP contribution < -0.4 is 5.73 Å². The maximum Gasteiger partial charge on any atom is 0.226 e. The van der Waals surface area contributed by atoms with E-state index < -0.39 is 5.79 Å². The van der Waals surface area contributed by atoms with E-state index in [1.807, 2.05) is 57.2 Å². The summed E-state index contributed by atoms with van der Waals surface area (Å²) in [7, 11) is 0. The molecule has 0 amide bonds. The number of anilines is 1. The number of hydrogen-bond acceptors (Lipinski definition) is 9. The van der Waals surface area contributed by atoms with Gasteiger partial charge in [-0.05, 0) is 68.5 Å². The third kappa shape index (κ3) is 6.40. The largest absolute Gasteiger partial charge is 0.444 e. The Morgan fingerprint density at radius 1 is 1.07 bits per heavy atom. The van der Waals surface area contributed by atoms with Gasteiger partial charge in [0, 0.05) is 21.9 Å². The minimum Gasteiger partial charge on any atom is -0.444 e. The fraction of sp³-hybridized carbons (Fsp3) is 0.290. The van der Waals surface area contributed by atoms with Crippen LogP contribution in [-0.4, -0.2) is 28.5 Å². The van der Waals surface area contributed by atoms with Crippen LogP contribution in [0.5, 0.6) is 0 Å². The standard InChI is InChI=1S/C31H28ClN5O3S/c1-18-12-21(9-11-26(18)32)29-36-22(15-38-29)17-41-30-25(14-34)27(24(13-33)28(35)37-30)20-7-4-19(5-8-20)6-10-23-16-39-31(2,3)40-23/h4-5,7-9,11-12,15,23H,6,10,16-17H2,1-3H3,(H2,35,37)/t23-/m0/s1. The molecule has 8 nitrogen and oxygen atoms in total. The number of aryl methyl sites for hydroxylation is 2. The monoisotopic (exact) mass is 585 g/mol. The average Bonchev–Trinajstić information content (AvgIpc) is 3.58. The zero-order valence-corrected chi connectivity index (χ0v) is 24.5. The molecule has 5 rings (SSSR count). The summed E-state index contributed by atoms with van der Waals surface area (Å²) >= 11 is 7.45. The molecular formula is C31H28ClN5O3S. The van der Waals surface area contributed by atoms with Gasteiger partial charge in [-0.3, -0.25) is 0 Å². The second-order valence-electron chi connectivity index (χ2n) is 10.2. The van der Waals surface area contributed by atoms with Crippen LogP contribution in [0.25, 0.3) is 22.6 Å². The summed E-state index contributed by atoms with van der Waals surface area (Å²) in [5.74, 6) is 0.403. The molecule has 2 aromatic carbocycles. The third-order valence-electron chi connectivity index (χ3n) is 6.79. The normalized spacial score (nSPS) is 15.9. The summed E-state index contributed by atoms with van der Waals surface area (Å²) in [6.07, 6.45) is 3.28. The van der Waals surface area contributed by atoms with Crippen molar-refractivity contribution in [3.63, 3.8) is 0 Å². The van der Waals surface area contributed by atoms with E-state index in [4.69, 9.17) is 31.2 Å².